The zero-order chi connectivity index (χ0) is 11.8. The Balaban J connectivity index is 2.01. The zero-order valence-corrected chi connectivity index (χ0v) is 19.8. The Morgan fingerprint density at radius 2 is 1.94 bits per heavy atom. The predicted molar refractivity (Wildman–Crippen MR) is 89.7 cm³/mol. The molecule has 0 aliphatic heterocycles. The van der Waals surface area contributed by atoms with Gasteiger partial charge in [0.1, 0.15) is 9.20 Å². The summed E-state index contributed by atoms with van der Waals surface area (Å²) in [6.45, 7) is 1.32. The Hall–Kier alpha value is 0.964. The molecule has 0 heterocycles. The molecule has 1 fully saturated rings. The molecule has 0 spiro atoms. The van der Waals surface area contributed by atoms with Crippen LogP contribution in [0.2, 0.25) is 0 Å². The number of hydrogen-bond acceptors (Lipinski definition) is 3. The third-order valence-corrected chi connectivity index (χ3v) is 24.7. The van der Waals surface area contributed by atoms with E-state index in [9.17, 15) is 0 Å². The normalized spacial score (nSPS) is 21.6. The maximum Gasteiger partial charge on any atom is 0.162 e. The van der Waals surface area contributed by atoms with Crippen molar-refractivity contribution in [3.8, 4) is 0 Å². The molecule has 1 saturated carbocycles. The summed E-state index contributed by atoms with van der Waals surface area (Å²) in [4.78, 5) is 3.83. The van der Waals surface area contributed by atoms with E-state index in [1.54, 1.807) is 0 Å². The molecule has 3 nitrogen and oxygen atoms in total. The van der Waals surface area contributed by atoms with E-state index >= 15 is 0 Å². The van der Waals surface area contributed by atoms with Crippen LogP contribution in [0, 0.1) is 5.92 Å². The summed E-state index contributed by atoms with van der Waals surface area (Å²) in [5, 5.41) is 0. The lowest BCUT2D eigenvalue weighted by Crippen LogP contribution is -2.56. The lowest BCUT2D eigenvalue weighted by atomic mass is 9.87. The van der Waals surface area contributed by atoms with Gasteiger partial charge in [0.2, 0.25) is 0 Å². The number of hydrogen-bond donors (Lipinski definition) is 2. The van der Waals surface area contributed by atoms with Gasteiger partial charge in [-0.05, 0) is 18.9 Å². The molecule has 0 amide bonds. The first-order chi connectivity index (χ1) is 7.74. The second-order valence-corrected chi connectivity index (χ2v) is 20.8. The minimum absolute atomic E-state index is 0.0391. The van der Waals surface area contributed by atoms with Gasteiger partial charge in [0.15, 0.2) is 8.64 Å². The molecule has 0 bridgehead atoms. The Labute approximate surface area is 113 Å². The van der Waals surface area contributed by atoms with Gasteiger partial charge in [-0.2, -0.15) is 0 Å². The fourth-order valence-electron chi connectivity index (χ4n) is 2.56. The Bertz CT molecular complexity index is 177. The van der Waals surface area contributed by atoms with Crippen molar-refractivity contribution in [1.82, 2.24) is 13.5 Å². The molecular weight excluding hydrogens is 279 g/mol. The van der Waals surface area contributed by atoms with Crippen LogP contribution in [-0.2, 0) is 0 Å². The van der Waals surface area contributed by atoms with Gasteiger partial charge in [0, 0.05) is 0 Å². The molecule has 2 N–H and O–H groups in total. The summed E-state index contributed by atoms with van der Waals surface area (Å²) in [5.74, 6) is 1.06. The van der Waals surface area contributed by atoms with Gasteiger partial charge < -0.3 is 13.5 Å². The Kier molecular flexibility index (Phi) is 8.42. The van der Waals surface area contributed by atoms with Crippen LogP contribution in [0.1, 0.15) is 38.5 Å². The molecule has 1 aliphatic carbocycles. The minimum atomic E-state index is -0.564. The summed E-state index contributed by atoms with van der Waals surface area (Å²) in [6, 6.07) is 0. The summed E-state index contributed by atoms with van der Waals surface area (Å²) in [7, 11) is 3.28. The maximum atomic E-state index is 3.83. The van der Waals surface area contributed by atoms with Crippen LogP contribution < -0.4 is 9.63 Å². The lowest BCUT2D eigenvalue weighted by molar-refractivity contribution is 0.340. The summed E-state index contributed by atoms with van der Waals surface area (Å²) < 4.78 is 6.44. The SMILES string of the molecule is [SiH3]N[SiH]([SiH2]NCCC1CCCCC1)N([SiH3])[SiH3]. The van der Waals surface area contributed by atoms with E-state index in [1.807, 2.05) is 0 Å². The van der Waals surface area contributed by atoms with Crippen molar-refractivity contribution in [1.29, 1.82) is 0 Å². The molecule has 96 valence electrons. The second-order valence-electron chi connectivity index (χ2n) is 5.26. The fraction of sp³-hybridized carbons (Fsp3) is 1.00. The summed E-state index contributed by atoms with van der Waals surface area (Å²) >= 11 is 0. The highest BCUT2D eigenvalue weighted by molar-refractivity contribution is 7.12. The lowest BCUT2D eigenvalue weighted by Gasteiger charge is -2.24. The van der Waals surface area contributed by atoms with Crippen molar-refractivity contribution >= 4 is 49.0 Å². The third-order valence-electron chi connectivity index (χ3n) is 3.75. The van der Waals surface area contributed by atoms with Gasteiger partial charge in [-0.1, -0.05) is 32.1 Å². The number of nitrogens with zero attached hydrogens (tertiary/aromatic N) is 1. The molecule has 1 aliphatic rings. The van der Waals surface area contributed by atoms with Crippen LogP contribution in [0.5, 0.6) is 0 Å². The molecular formula is C8H29N3Si5. The largest absolute Gasteiger partial charge is 0.375 e. The minimum Gasteiger partial charge on any atom is -0.375 e. The zero-order valence-electron chi connectivity index (χ0n) is 11.3. The Morgan fingerprint density at radius 1 is 1.25 bits per heavy atom. The first kappa shape index (κ1) is 15.0. The van der Waals surface area contributed by atoms with Crippen LogP contribution in [-0.4, -0.2) is 59.5 Å². The van der Waals surface area contributed by atoms with E-state index in [0.717, 1.165) is 5.92 Å². The van der Waals surface area contributed by atoms with E-state index in [0.29, 0.717) is 0 Å². The first-order valence-electron chi connectivity index (χ1n) is 6.78. The van der Waals surface area contributed by atoms with Crippen LogP contribution >= 0.6 is 0 Å². The number of rotatable bonds is 7. The molecule has 0 saturated heterocycles. The molecule has 0 aromatic carbocycles. The molecule has 16 heavy (non-hydrogen) atoms. The highest BCUT2D eigenvalue weighted by Gasteiger charge is 2.14. The van der Waals surface area contributed by atoms with Crippen LogP contribution in [0.15, 0.2) is 0 Å². The van der Waals surface area contributed by atoms with E-state index in [-0.39, 0.29) is 9.20 Å². The van der Waals surface area contributed by atoms with Gasteiger partial charge in [-0.15, -0.1) is 0 Å². The van der Waals surface area contributed by atoms with Gasteiger partial charge in [0.05, 0.1) is 31.2 Å². The molecule has 8 heteroatoms. The van der Waals surface area contributed by atoms with Gasteiger partial charge in [0.25, 0.3) is 0 Å². The predicted octanol–water partition coefficient (Wildman–Crippen LogP) is -3.92. The monoisotopic (exact) mass is 307 g/mol. The van der Waals surface area contributed by atoms with Gasteiger partial charge >= 0.3 is 0 Å². The summed E-state index contributed by atoms with van der Waals surface area (Å²) in [5.41, 5.74) is 0. The van der Waals surface area contributed by atoms with Crippen molar-refractivity contribution in [2.24, 2.45) is 5.92 Å². The van der Waals surface area contributed by atoms with E-state index in [4.69, 9.17) is 0 Å². The highest BCUT2D eigenvalue weighted by atomic mass is 29.2. The standard InChI is InChI=1S/C8H29N3Si5/c12-10-16(11(13)14)15-9-7-6-8-4-2-1-3-5-8/h8-10,16H,1-7,15H2,12-14H3. The average Bonchev–Trinajstić information content (AvgIpc) is 2.30. The molecule has 0 aromatic heterocycles. The van der Waals surface area contributed by atoms with Crippen LogP contribution in [0.4, 0.5) is 0 Å². The van der Waals surface area contributed by atoms with E-state index < -0.39 is 8.64 Å². The molecule has 1 atom stereocenters. The van der Waals surface area contributed by atoms with Crippen LogP contribution in [0.3, 0.4) is 0 Å². The van der Waals surface area contributed by atoms with Crippen molar-refractivity contribution in [3.63, 3.8) is 0 Å². The molecule has 0 aromatic rings. The molecule has 1 rings (SSSR count). The van der Waals surface area contributed by atoms with Crippen LogP contribution in [0.25, 0.3) is 0 Å². The molecule has 1 unspecified atom stereocenters. The second kappa shape index (κ2) is 8.97. The van der Waals surface area contributed by atoms with E-state index in [2.05, 4.69) is 13.5 Å². The average molecular weight is 308 g/mol. The smallest absolute Gasteiger partial charge is 0.162 e. The topological polar surface area (TPSA) is 27.3 Å². The van der Waals surface area contributed by atoms with Crippen molar-refractivity contribution in [2.75, 3.05) is 6.54 Å². The van der Waals surface area contributed by atoms with Crippen molar-refractivity contribution in [2.45, 2.75) is 38.5 Å². The molecule has 0 radical (unpaired) electrons. The Morgan fingerprint density at radius 3 is 2.50 bits per heavy atom. The first-order valence-corrected chi connectivity index (χ1v) is 14.6. The quantitative estimate of drug-likeness (QED) is 0.372. The highest BCUT2D eigenvalue weighted by Crippen LogP contribution is 2.25. The van der Waals surface area contributed by atoms with Crippen molar-refractivity contribution in [3.05, 3.63) is 0 Å². The maximum absolute atomic E-state index is 3.83. The van der Waals surface area contributed by atoms with Gasteiger partial charge in [-0.25, -0.2) is 0 Å². The third kappa shape index (κ3) is 6.05. The van der Waals surface area contributed by atoms with Crippen molar-refractivity contribution < 1.29 is 0 Å². The number of nitrogens with one attached hydrogen (secondary N) is 2. The van der Waals surface area contributed by atoms with E-state index in [1.165, 1.54) is 76.3 Å². The van der Waals surface area contributed by atoms with Gasteiger partial charge in [-0.3, -0.25) is 0 Å². The summed E-state index contributed by atoms with van der Waals surface area (Å²) in [6.07, 6.45) is 8.96. The fourth-order valence-corrected chi connectivity index (χ4v) is 18.8.